The molecule has 1 saturated heterocycles. The average molecular weight is 406 g/mol. The normalized spacial score (nSPS) is 45.6. The van der Waals surface area contributed by atoms with Crippen LogP contribution < -0.4 is 0 Å². The van der Waals surface area contributed by atoms with E-state index < -0.39 is 79.4 Å². The van der Waals surface area contributed by atoms with Crippen LogP contribution in [-0.2, 0) is 19.0 Å². The van der Waals surface area contributed by atoms with Crippen molar-refractivity contribution in [1.82, 2.24) is 0 Å². The molecule has 1 fully saturated rings. The fourth-order valence-corrected chi connectivity index (χ4v) is 3.68. The molecule has 3 aliphatic rings. The summed E-state index contributed by atoms with van der Waals surface area (Å²) in [7, 11) is 0. The smallest absolute Gasteiger partial charge is 0.335 e. The zero-order chi connectivity index (χ0) is 20.8. The number of aliphatic hydroxyl groups excluding tert-OH is 6. The van der Waals surface area contributed by atoms with Gasteiger partial charge in [0.15, 0.2) is 11.9 Å². The molecule has 0 radical (unpaired) electrons. The summed E-state index contributed by atoms with van der Waals surface area (Å²) in [6.45, 7) is -1.68. The van der Waals surface area contributed by atoms with Crippen LogP contribution in [0.3, 0.4) is 0 Å². The molecule has 0 unspecified atom stereocenters. The highest BCUT2D eigenvalue weighted by molar-refractivity contribution is 5.88. The van der Waals surface area contributed by atoms with E-state index in [9.17, 15) is 45.6 Å². The molecule has 0 aromatic carbocycles. The predicted octanol–water partition coefficient (Wildman–Crippen LogP) is -3.46. The molecule has 8 N–H and O–H groups in total. The molecule has 1 aliphatic carbocycles. The Morgan fingerprint density at radius 2 is 1.82 bits per heavy atom. The quantitative estimate of drug-likeness (QED) is 0.224. The van der Waals surface area contributed by atoms with E-state index in [4.69, 9.17) is 14.2 Å². The monoisotopic (exact) mass is 406 g/mol. The van der Waals surface area contributed by atoms with Crippen molar-refractivity contribution in [2.45, 2.75) is 42.6 Å². The summed E-state index contributed by atoms with van der Waals surface area (Å²) < 4.78 is 15.9. The molecule has 2 aliphatic heterocycles. The van der Waals surface area contributed by atoms with Crippen LogP contribution in [-0.4, -0.2) is 103 Å². The zero-order valence-electron chi connectivity index (χ0n) is 14.4. The SMILES string of the molecule is O=C(O)C1=CO[C@H](O[C@@H]2O[C@H](CO)[C@@H](O)[C@H](O)[C@H]2O)[C@@H]2[C@@H]1C=C(O)[C@@]2(O)CO. The van der Waals surface area contributed by atoms with Crippen LogP contribution in [0.2, 0.25) is 0 Å². The van der Waals surface area contributed by atoms with Crippen LogP contribution >= 0.6 is 0 Å². The van der Waals surface area contributed by atoms with Crippen molar-refractivity contribution in [1.29, 1.82) is 0 Å². The van der Waals surface area contributed by atoms with Crippen LogP contribution in [0.5, 0.6) is 0 Å². The van der Waals surface area contributed by atoms with Crippen LogP contribution in [0.1, 0.15) is 0 Å². The van der Waals surface area contributed by atoms with Gasteiger partial charge in [-0.3, -0.25) is 0 Å². The Morgan fingerprint density at radius 3 is 2.39 bits per heavy atom. The summed E-state index contributed by atoms with van der Waals surface area (Å²) in [6.07, 6.45) is -7.65. The second-order valence-corrected chi connectivity index (χ2v) is 6.90. The Balaban J connectivity index is 1.88. The lowest BCUT2D eigenvalue weighted by Crippen LogP contribution is -2.61. The van der Waals surface area contributed by atoms with E-state index in [0.717, 1.165) is 12.3 Å². The number of carbonyl (C=O) groups is 1. The van der Waals surface area contributed by atoms with Crippen molar-refractivity contribution in [3.63, 3.8) is 0 Å². The van der Waals surface area contributed by atoms with Crippen molar-refractivity contribution < 1.29 is 59.9 Å². The van der Waals surface area contributed by atoms with E-state index >= 15 is 0 Å². The third-order valence-electron chi connectivity index (χ3n) is 5.31. The summed E-state index contributed by atoms with van der Waals surface area (Å²) in [4.78, 5) is 11.4. The molecule has 0 aromatic heterocycles. The number of hydrogen-bond acceptors (Lipinski definition) is 11. The molecular formula is C16H22O12. The lowest BCUT2D eigenvalue weighted by molar-refractivity contribution is -0.347. The molecule has 12 nitrogen and oxygen atoms in total. The molecule has 158 valence electrons. The third-order valence-corrected chi connectivity index (χ3v) is 5.31. The van der Waals surface area contributed by atoms with Crippen molar-refractivity contribution in [2.75, 3.05) is 13.2 Å². The molecule has 0 amide bonds. The molecule has 0 spiro atoms. The maximum Gasteiger partial charge on any atom is 0.335 e. The Bertz CT molecular complexity index is 675. The molecule has 0 saturated carbocycles. The van der Waals surface area contributed by atoms with Crippen LogP contribution in [0, 0.1) is 11.8 Å². The minimum absolute atomic E-state index is 0.311. The van der Waals surface area contributed by atoms with Crippen molar-refractivity contribution >= 4 is 5.97 Å². The van der Waals surface area contributed by atoms with E-state index in [1.165, 1.54) is 0 Å². The lowest BCUT2D eigenvalue weighted by atomic mass is 9.79. The number of rotatable bonds is 5. The van der Waals surface area contributed by atoms with Crippen LogP contribution in [0.25, 0.3) is 0 Å². The maximum atomic E-state index is 11.4. The van der Waals surface area contributed by atoms with E-state index in [2.05, 4.69) is 0 Å². The number of hydrogen-bond donors (Lipinski definition) is 8. The highest BCUT2D eigenvalue weighted by atomic mass is 16.8. The van der Waals surface area contributed by atoms with Gasteiger partial charge < -0.3 is 55.1 Å². The Kier molecular flexibility index (Phi) is 5.67. The molecule has 9 atom stereocenters. The van der Waals surface area contributed by atoms with Gasteiger partial charge in [0.25, 0.3) is 0 Å². The summed E-state index contributed by atoms with van der Waals surface area (Å²) in [5, 5.41) is 78.5. The number of allylic oxidation sites excluding steroid dienone is 1. The molecule has 3 rings (SSSR count). The Hall–Kier alpha value is -1.77. The van der Waals surface area contributed by atoms with E-state index in [1.54, 1.807) is 0 Å². The fourth-order valence-electron chi connectivity index (χ4n) is 3.68. The van der Waals surface area contributed by atoms with E-state index in [0.29, 0.717) is 0 Å². The molecule has 12 heteroatoms. The van der Waals surface area contributed by atoms with E-state index in [1.807, 2.05) is 0 Å². The zero-order valence-corrected chi connectivity index (χ0v) is 14.4. The molecule has 0 aromatic rings. The van der Waals surface area contributed by atoms with Gasteiger partial charge in [-0.2, -0.15) is 0 Å². The Morgan fingerprint density at radius 1 is 1.14 bits per heavy atom. The largest absolute Gasteiger partial charge is 0.509 e. The predicted molar refractivity (Wildman–Crippen MR) is 85.2 cm³/mol. The van der Waals surface area contributed by atoms with Crippen molar-refractivity contribution in [3.05, 3.63) is 23.7 Å². The number of fused-ring (bicyclic) bond motifs is 1. The highest BCUT2D eigenvalue weighted by Crippen LogP contribution is 2.48. The first kappa shape index (κ1) is 21.0. The first-order chi connectivity index (χ1) is 13.2. The second kappa shape index (κ2) is 7.57. The standard InChI is InChI=1S/C16H22O12/c17-2-7-10(20)11(21)12(22)15(27-7)28-14-9-5(6(3-26-14)13(23)24)1-8(19)16(9,25)4-18/h1,3,5,7,9-12,14-15,17-22,25H,2,4H2,(H,23,24)/t5-,7-,9+,10-,11+,12-,14-,15+,16+/m1/s1. The molecular weight excluding hydrogens is 384 g/mol. The van der Waals surface area contributed by atoms with Gasteiger partial charge in [-0.15, -0.1) is 0 Å². The number of aliphatic carboxylic acids is 1. The van der Waals surface area contributed by atoms with Gasteiger partial charge in [0.05, 0.1) is 31.0 Å². The summed E-state index contributed by atoms with van der Waals surface area (Å²) in [6, 6.07) is 0. The minimum atomic E-state index is -2.29. The van der Waals surface area contributed by atoms with Crippen LogP contribution in [0.4, 0.5) is 0 Å². The highest BCUT2D eigenvalue weighted by Gasteiger charge is 2.59. The Labute approximate surface area is 158 Å². The fraction of sp³-hybridized carbons (Fsp3) is 0.688. The minimum Gasteiger partial charge on any atom is -0.509 e. The summed E-state index contributed by atoms with van der Waals surface area (Å²) >= 11 is 0. The first-order valence-corrected chi connectivity index (χ1v) is 8.45. The van der Waals surface area contributed by atoms with Gasteiger partial charge >= 0.3 is 5.97 Å². The van der Waals surface area contributed by atoms with Crippen molar-refractivity contribution in [2.24, 2.45) is 11.8 Å². The second-order valence-electron chi connectivity index (χ2n) is 6.90. The van der Waals surface area contributed by atoms with Gasteiger partial charge in [-0.25, -0.2) is 4.79 Å². The summed E-state index contributed by atoms with van der Waals surface area (Å²) in [5.74, 6) is -4.49. The van der Waals surface area contributed by atoms with Gasteiger partial charge in [0.1, 0.15) is 30.2 Å². The van der Waals surface area contributed by atoms with E-state index in [-0.39, 0.29) is 5.57 Å². The topological polar surface area (TPSA) is 207 Å². The van der Waals surface area contributed by atoms with Crippen molar-refractivity contribution in [3.8, 4) is 0 Å². The maximum absolute atomic E-state index is 11.4. The first-order valence-electron chi connectivity index (χ1n) is 8.45. The number of ether oxygens (including phenoxy) is 3. The van der Waals surface area contributed by atoms with Gasteiger partial charge in [-0.1, -0.05) is 0 Å². The summed E-state index contributed by atoms with van der Waals surface area (Å²) in [5.41, 5.74) is -2.60. The van der Waals surface area contributed by atoms with Gasteiger partial charge in [0.2, 0.25) is 6.29 Å². The number of carboxylic acid groups (broad SMARTS) is 1. The number of aliphatic hydroxyl groups is 7. The average Bonchev–Trinajstić information content (AvgIpc) is 2.93. The van der Waals surface area contributed by atoms with Gasteiger partial charge in [0, 0.05) is 5.92 Å². The molecule has 28 heavy (non-hydrogen) atoms. The molecule has 2 heterocycles. The number of carboxylic acids is 1. The molecule has 0 bridgehead atoms. The van der Waals surface area contributed by atoms with Crippen LogP contribution in [0.15, 0.2) is 23.7 Å². The third kappa shape index (κ3) is 3.17. The van der Waals surface area contributed by atoms with Gasteiger partial charge in [-0.05, 0) is 6.08 Å². The lowest BCUT2D eigenvalue weighted by Gasteiger charge is -2.44.